The smallest absolute Gasteiger partial charge is 1.00 e. The fraction of sp³-hybridized carbons (Fsp3) is 0. The van der Waals surface area contributed by atoms with Crippen molar-refractivity contribution in [3.05, 3.63) is 0 Å². The van der Waals surface area contributed by atoms with E-state index in [1.807, 2.05) is 0 Å². The molecule has 0 atom stereocenters. The average Bonchev–Trinajstić information content (AvgIpc) is 1.00. The molecule has 0 bridgehead atoms. The van der Waals surface area contributed by atoms with Gasteiger partial charge in [-0.1, -0.05) is 0 Å². The summed E-state index contributed by atoms with van der Waals surface area (Å²) in [5, 5.41) is 0. The molecule has 0 aromatic heterocycles. The Morgan fingerprint density at radius 2 is 1.50 bits per heavy atom. The van der Waals surface area contributed by atoms with Crippen molar-refractivity contribution in [2.75, 3.05) is 0 Å². The van der Waals surface area contributed by atoms with Crippen LogP contribution in [0.4, 0.5) is 0 Å². The van der Waals surface area contributed by atoms with Crippen LogP contribution in [0.2, 0.25) is 0 Å². The molecule has 0 rings (SSSR count). The molecule has 0 spiro atoms. The van der Waals surface area contributed by atoms with Crippen molar-refractivity contribution in [3.8, 4) is 0 Å². The summed E-state index contributed by atoms with van der Waals surface area (Å²) < 4.78 is 8.06. The minimum atomic E-state index is 0. The number of hydrogen-bond donors (Lipinski definition) is 0. The monoisotopic (exact) mass is 236 g/mol. The Labute approximate surface area is 85.5 Å². The van der Waals surface area contributed by atoms with E-state index >= 15 is 0 Å². The van der Waals surface area contributed by atoms with Crippen LogP contribution < -0.4 is 0 Å². The molecule has 0 radical (unpaired) electrons. The largest absolute Gasteiger partial charge is 2.00 e. The zero-order valence-electron chi connectivity index (χ0n) is 4.12. The zero-order chi connectivity index (χ0) is 2.00. The first kappa shape index (κ1) is 16.2. The van der Waals surface area contributed by atoms with E-state index in [-0.39, 0.29) is 73.5 Å². The summed E-state index contributed by atoms with van der Waals surface area (Å²) in [4.78, 5) is 0. The maximum absolute atomic E-state index is 8.06. The molecule has 20 valence electrons. The second-order valence-electron chi connectivity index (χ2n) is 0. The number of hydrogen-bond acceptors (Lipinski definition) is 1. The molecular weight excluding hydrogens is 232 g/mol. The van der Waals surface area contributed by atoms with E-state index in [1.54, 1.807) is 9.12 Å². The first-order valence-electron chi connectivity index (χ1n) is 0.204. The van der Waals surface area contributed by atoms with Crippen LogP contribution in [0.25, 0.3) is 0 Å². The Morgan fingerprint density at radius 3 is 1.50 bits per heavy atom. The Hall–Kier alpha value is 2.39. The standard InChI is InChI=1S/Ba.HOP.Ti.2H/c;1-2;;;/h;2H;;;/q+2;;;2*-1. The van der Waals surface area contributed by atoms with Gasteiger partial charge in [-0.2, -0.15) is 0 Å². The van der Waals surface area contributed by atoms with Crippen LogP contribution in [-0.4, -0.2) is 48.9 Å². The van der Waals surface area contributed by atoms with Crippen molar-refractivity contribution >= 4 is 58.0 Å². The van der Waals surface area contributed by atoms with E-state index < -0.39 is 0 Å². The molecule has 0 aromatic rings. The van der Waals surface area contributed by atoms with Crippen LogP contribution in [0.15, 0.2) is 0 Å². The van der Waals surface area contributed by atoms with Gasteiger partial charge in [0.25, 0.3) is 0 Å². The quantitative estimate of drug-likeness (QED) is 0.436. The summed E-state index contributed by atoms with van der Waals surface area (Å²) in [7, 11) is 1.72. The molecular formula is H3BaOPTi. The zero-order valence-corrected chi connectivity index (χ0v) is 9.12. The van der Waals surface area contributed by atoms with E-state index in [4.69, 9.17) is 4.57 Å². The minimum Gasteiger partial charge on any atom is -1.00 e. The normalized spacial score (nSPS) is 1.00. The Morgan fingerprint density at radius 1 is 1.50 bits per heavy atom. The molecule has 4 heteroatoms. The van der Waals surface area contributed by atoms with Crippen molar-refractivity contribution in [1.82, 2.24) is 0 Å². The van der Waals surface area contributed by atoms with E-state index in [0.29, 0.717) is 0 Å². The van der Waals surface area contributed by atoms with Gasteiger partial charge in [-0.25, -0.2) is 0 Å². The summed E-state index contributed by atoms with van der Waals surface area (Å²) >= 11 is 0. The summed E-state index contributed by atoms with van der Waals surface area (Å²) in [6, 6.07) is 0. The van der Waals surface area contributed by atoms with Crippen molar-refractivity contribution in [2.45, 2.75) is 0 Å². The van der Waals surface area contributed by atoms with E-state index in [1.165, 1.54) is 0 Å². The van der Waals surface area contributed by atoms with E-state index in [2.05, 4.69) is 0 Å². The Kier molecular flexibility index (Phi) is 73.5. The SMILES string of the molecule is O=P.[Ba+2].[H-].[H-].[Ti]. The van der Waals surface area contributed by atoms with Crippen molar-refractivity contribution in [2.24, 2.45) is 0 Å². The molecule has 0 N–H and O–H groups in total. The molecule has 0 aliphatic carbocycles. The van der Waals surface area contributed by atoms with Gasteiger partial charge >= 0.3 is 48.9 Å². The molecule has 4 heavy (non-hydrogen) atoms. The van der Waals surface area contributed by atoms with Crippen LogP contribution in [-0.2, 0) is 26.3 Å². The third-order valence-corrected chi connectivity index (χ3v) is 0. The van der Waals surface area contributed by atoms with Gasteiger partial charge < -0.3 is 2.85 Å². The van der Waals surface area contributed by atoms with Gasteiger partial charge in [-0.15, -0.1) is 0 Å². The van der Waals surface area contributed by atoms with Gasteiger partial charge in [0.05, 0.1) is 0 Å². The first-order valence-corrected chi connectivity index (χ1v) is 0.612. The number of rotatable bonds is 0. The van der Waals surface area contributed by atoms with Gasteiger partial charge in [0.2, 0.25) is 0 Å². The molecule has 0 aliphatic heterocycles. The van der Waals surface area contributed by atoms with Gasteiger partial charge in [0.15, 0.2) is 0 Å². The summed E-state index contributed by atoms with van der Waals surface area (Å²) in [5.74, 6) is 0. The topological polar surface area (TPSA) is 17.1 Å². The summed E-state index contributed by atoms with van der Waals surface area (Å²) in [5.41, 5.74) is 0. The van der Waals surface area contributed by atoms with Gasteiger partial charge in [0, 0.05) is 21.7 Å². The third kappa shape index (κ3) is 8.83. The maximum Gasteiger partial charge on any atom is 2.00 e. The molecule has 0 unspecified atom stereocenters. The van der Waals surface area contributed by atoms with Crippen LogP contribution in [0.5, 0.6) is 0 Å². The fourth-order valence-corrected chi connectivity index (χ4v) is 0. The van der Waals surface area contributed by atoms with Crippen LogP contribution in [0, 0.1) is 0 Å². The average molecular weight is 235 g/mol. The van der Waals surface area contributed by atoms with Crippen LogP contribution in [0.1, 0.15) is 2.85 Å². The van der Waals surface area contributed by atoms with E-state index in [9.17, 15) is 0 Å². The molecule has 0 aliphatic rings. The van der Waals surface area contributed by atoms with Crippen molar-refractivity contribution < 1.29 is 29.1 Å². The first-order chi connectivity index (χ1) is 1.00. The minimum absolute atomic E-state index is 0. The summed E-state index contributed by atoms with van der Waals surface area (Å²) in [6.45, 7) is 0. The van der Waals surface area contributed by atoms with Gasteiger partial charge in [-0.05, 0) is 0 Å². The molecule has 0 saturated heterocycles. The molecule has 0 heterocycles. The molecule has 0 amide bonds. The predicted molar refractivity (Wildman–Crippen MR) is 17.0 cm³/mol. The second-order valence-corrected chi connectivity index (χ2v) is 0. The second kappa shape index (κ2) is 18.2. The van der Waals surface area contributed by atoms with Crippen LogP contribution in [0.3, 0.4) is 0 Å². The predicted octanol–water partition coefficient (Wildman–Crippen LogP) is 0.316. The molecule has 0 fully saturated rings. The molecule has 0 aromatic carbocycles. The van der Waals surface area contributed by atoms with Crippen LogP contribution >= 0.6 is 9.12 Å². The van der Waals surface area contributed by atoms with Crippen molar-refractivity contribution in [3.63, 3.8) is 0 Å². The van der Waals surface area contributed by atoms with Crippen molar-refractivity contribution in [1.29, 1.82) is 0 Å². The molecule has 1 nitrogen and oxygen atoms in total. The molecule has 0 saturated carbocycles. The maximum atomic E-state index is 8.06. The fourth-order valence-electron chi connectivity index (χ4n) is 0. The Balaban J connectivity index is -0.000000000833. The summed E-state index contributed by atoms with van der Waals surface area (Å²) in [6.07, 6.45) is 0. The Bertz CT molecular complexity index is 13.5. The third-order valence-electron chi connectivity index (χ3n) is 0. The van der Waals surface area contributed by atoms with Gasteiger partial charge in [-0.3, -0.25) is 4.57 Å². The van der Waals surface area contributed by atoms with E-state index in [0.717, 1.165) is 0 Å². The van der Waals surface area contributed by atoms with Gasteiger partial charge in [0.1, 0.15) is 9.12 Å².